The first kappa shape index (κ1) is 22.5. The molecule has 0 radical (unpaired) electrons. The van der Waals surface area contributed by atoms with Crippen LogP contribution in [-0.2, 0) is 0 Å². The fourth-order valence-electron chi connectivity index (χ4n) is 3.27. The number of anilines is 1. The van der Waals surface area contributed by atoms with Crippen molar-refractivity contribution in [2.45, 2.75) is 0 Å². The number of hydrogen-bond acceptors (Lipinski definition) is 5. The normalized spacial score (nSPS) is 10.5. The second-order valence-electron chi connectivity index (χ2n) is 7.39. The zero-order valence-electron chi connectivity index (χ0n) is 18.0. The van der Waals surface area contributed by atoms with Crippen LogP contribution < -0.4 is 21.6 Å². The van der Waals surface area contributed by atoms with E-state index in [-0.39, 0.29) is 30.5 Å². The molecule has 4 rings (SSSR count). The minimum Gasteiger partial charge on any atom is -0.422 e. The summed E-state index contributed by atoms with van der Waals surface area (Å²) in [5, 5.41) is 8.73. The summed E-state index contributed by atoms with van der Waals surface area (Å²) in [6.07, 6.45) is 0. The number of benzene rings is 3. The molecule has 0 bridgehead atoms. The summed E-state index contributed by atoms with van der Waals surface area (Å²) >= 11 is 0. The topological polar surface area (TPSA) is 118 Å². The average Bonchev–Trinajstić information content (AvgIpc) is 2.86. The minimum atomic E-state index is -0.730. The van der Waals surface area contributed by atoms with Gasteiger partial charge in [-0.05, 0) is 48.5 Å². The first-order valence-corrected chi connectivity index (χ1v) is 10.6. The van der Waals surface area contributed by atoms with Crippen molar-refractivity contribution in [3.05, 3.63) is 112 Å². The fraction of sp³-hybridized carbons (Fsp3) is 0.0769. The summed E-state index contributed by atoms with van der Waals surface area (Å²) in [6.45, 7) is 0.537. The monoisotopic (exact) mass is 455 g/mol. The van der Waals surface area contributed by atoms with Gasteiger partial charge in [0.05, 0.1) is 0 Å². The van der Waals surface area contributed by atoms with Crippen molar-refractivity contribution in [2.24, 2.45) is 0 Å². The SMILES string of the molecule is O=C(NCCNC(=O)c1ccc(NC(=O)c2cc3ccccc3oc2=O)cc1)c1ccccc1. The van der Waals surface area contributed by atoms with E-state index >= 15 is 0 Å². The third-order valence-corrected chi connectivity index (χ3v) is 5.02. The highest BCUT2D eigenvalue weighted by atomic mass is 16.4. The van der Waals surface area contributed by atoms with E-state index in [1.54, 1.807) is 72.8 Å². The van der Waals surface area contributed by atoms with Gasteiger partial charge in [-0.25, -0.2) is 4.79 Å². The van der Waals surface area contributed by atoms with Crippen molar-refractivity contribution < 1.29 is 18.8 Å². The molecule has 8 heteroatoms. The highest BCUT2D eigenvalue weighted by molar-refractivity contribution is 6.05. The first-order chi connectivity index (χ1) is 16.5. The van der Waals surface area contributed by atoms with Crippen LogP contribution >= 0.6 is 0 Å². The molecule has 0 saturated carbocycles. The number of amides is 3. The summed E-state index contributed by atoms with van der Waals surface area (Å²) in [5.74, 6) is -1.14. The summed E-state index contributed by atoms with van der Waals surface area (Å²) in [5.41, 5.74) is 0.915. The molecule has 1 heterocycles. The molecule has 0 atom stereocenters. The predicted molar refractivity (Wildman–Crippen MR) is 128 cm³/mol. The Morgan fingerprint density at radius 1 is 0.676 bits per heavy atom. The van der Waals surface area contributed by atoms with Crippen molar-refractivity contribution in [3.63, 3.8) is 0 Å². The van der Waals surface area contributed by atoms with Gasteiger partial charge in [0.2, 0.25) is 0 Å². The maximum atomic E-state index is 12.5. The quantitative estimate of drug-likeness (QED) is 0.292. The molecule has 8 nitrogen and oxygen atoms in total. The predicted octanol–water partition coefficient (Wildman–Crippen LogP) is 3.21. The van der Waals surface area contributed by atoms with E-state index in [1.165, 1.54) is 6.07 Å². The highest BCUT2D eigenvalue weighted by Crippen LogP contribution is 2.15. The Morgan fingerprint density at radius 3 is 1.94 bits per heavy atom. The molecule has 0 unspecified atom stereocenters. The van der Waals surface area contributed by atoms with Gasteiger partial charge in [0.15, 0.2) is 0 Å². The molecule has 34 heavy (non-hydrogen) atoms. The van der Waals surface area contributed by atoms with Crippen molar-refractivity contribution in [1.82, 2.24) is 10.6 Å². The lowest BCUT2D eigenvalue weighted by atomic mass is 10.1. The summed E-state index contributed by atoms with van der Waals surface area (Å²) in [6, 6.07) is 23.4. The highest BCUT2D eigenvalue weighted by Gasteiger charge is 2.14. The van der Waals surface area contributed by atoms with Crippen LogP contribution in [0.5, 0.6) is 0 Å². The number of rotatable bonds is 7. The number of hydrogen-bond donors (Lipinski definition) is 3. The largest absolute Gasteiger partial charge is 0.422 e. The van der Waals surface area contributed by atoms with Crippen LogP contribution in [-0.4, -0.2) is 30.8 Å². The third-order valence-electron chi connectivity index (χ3n) is 5.02. The molecule has 0 fully saturated rings. The zero-order chi connectivity index (χ0) is 23.9. The average molecular weight is 455 g/mol. The number of nitrogens with one attached hydrogen (secondary N) is 3. The summed E-state index contributed by atoms with van der Waals surface area (Å²) in [4.78, 5) is 49.0. The van der Waals surface area contributed by atoms with E-state index in [2.05, 4.69) is 16.0 Å². The molecule has 170 valence electrons. The molecule has 0 spiro atoms. The Balaban J connectivity index is 1.30. The summed E-state index contributed by atoms with van der Waals surface area (Å²) < 4.78 is 5.19. The number of fused-ring (bicyclic) bond motifs is 1. The van der Waals surface area contributed by atoms with Crippen LogP contribution in [0.3, 0.4) is 0 Å². The smallest absolute Gasteiger partial charge is 0.349 e. The van der Waals surface area contributed by atoms with Gasteiger partial charge >= 0.3 is 5.63 Å². The molecule has 0 saturated heterocycles. The fourth-order valence-corrected chi connectivity index (χ4v) is 3.27. The molecule has 0 aliphatic rings. The Hall–Kier alpha value is -4.72. The Labute approximate surface area is 194 Å². The van der Waals surface area contributed by atoms with Crippen molar-refractivity contribution in [2.75, 3.05) is 18.4 Å². The molecule has 3 amide bonds. The molecule has 4 aromatic rings. The summed E-state index contributed by atoms with van der Waals surface area (Å²) in [7, 11) is 0. The third kappa shape index (κ3) is 5.36. The van der Waals surface area contributed by atoms with Gasteiger partial charge in [-0.2, -0.15) is 0 Å². The lowest BCUT2D eigenvalue weighted by Crippen LogP contribution is -2.34. The van der Waals surface area contributed by atoms with Gasteiger partial charge in [0.25, 0.3) is 17.7 Å². The maximum absolute atomic E-state index is 12.5. The van der Waals surface area contributed by atoms with Crippen LogP contribution in [0.2, 0.25) is 0 Å². The second-order valence-corrected chi connectivity index (χ2v) is 7.39. The van der Waals surface area contributed by atoms with Crippen LogP contribution in [0.1, 0.15) is 31.1 Å². The van der Waals surface area contributed by atoms with E-state index < -0.39 is 11.5 Å². The lowest BCUT2D eigenvalue weighted by molar-refractivity contribution is 0.0927. The van der Waals surface area contributed by atoms with Crippen LogP contribution in [0.25, 0.3) is 11.0 Å². The van der Waals surface area contributed by atoms with Crippen molar-refractivity contribution >= 4 is 34.4 Å². The maximum Gasteiger partial charge on any atom is 0.349 e. The van der Waals surface area contributed by atoms with Gasteiger partial charge in [0, 0.05) is 35.3 Å². The zero-order valence-corrected chi connectivity index (χ0v) is 18.0. The number of para-hydroxylation sites is 1. The van der Waals surface area contributed by atoms with Crippen LogP contribution in [0.15, 0.2) is 94.1 Å². The molecular weight excluding hydrogens is 434 g/mol. The van der Waals surface area contributed by atoms with Crippen LogP contribution in [0, 0.1) is 0 Å². The molecule has 0 aliphatic carbocycles. The van der Waals surface area contributed by atoms with Crippen molar-refractivity contribution in [3.8, 4) is 0 Å². The molecule has 3 N–H and O–H groups in total. The van der Waals surface area contributed by atoms with E-state index in [0.29, 0.717) is 27.8 Å². The van der Waals surface area contributed by atoms with E-state index in [1.807, 2.05) is 6.07 Å². The molecule has 3 aromatic carbocycles. The number of carbonyl (C=O) groups excluding carboxylic acids is 3. The first-order valence-electron chi connectivity index (χ1n) is 10.6. The molecule has 0 aliphatic heterocycles. The second kappa shape index (κ2) is 10.3. The Kier molecular flexibility index (Phi) is 6.78. The molecular formula is C26H21N3O5. The standard InChI is InChI=1S/C26H21N3O5/c30-23(17-6-2-1-3-7-17)27-14-15-28-24(31)18-10-12-20(13-11-18)29-25(32)21-16-19-8-4-5-9-22(19)34-26(21)33/h1-13,16H,14-15H2,(H,27,30)(H,28,31)(H,29,32). The Morgan fingerprint density at radius 2 is 1.26 bits per heavy atom. The lowest BCUT2D eigenvalue weighted by Gasteiger charge is -2.09. The van der Waals surface area contributed by atoms with Gasteiger partial charge < -0.3 is 20.4 Å². The Bertz CT molecular complexity index is 1400. The van der Waals surface area contributed by atoms with Crippen molar-refractivity contribution in [1.29, 1.82) is 0 Å². The van der Waals surface area contributed by atoms with E-state index in [0.717, 1.165) is 0 Å². The van der Waals surface area contributed by atoms with E-state index in [9.17, 15) is 19.2 Å². The van der Waals surface area contributed by atoms with Gasteiger partial charge in [-0.3, -0.25) is 14.4 Å². The van der Waals surface area contributed by atoms with Gasteiger partial charge in [-0.15, -0.1) is 0 Å². The van der Waals surface area contributed by atoms with Gasteiger partial charge in [-0.1, -0.05) is 36.4 Å². The van der Waals surface area contributed by atoms with Crippen LogP contribution in [0.4, 0.5) is 5.69 Å². The van der Waals surface area contributed by atoms with E-state index in [4.69, 9.17) is 4.42 Å². The van der Waals surface area contributed by atoms with Gasteiger partial charge in [0.1, 0.15) is 11.1 Å². The minimum absolute atomic E-state index is 0.113. The number of carbonyl (C=O) groups is 3. The molecule has 1 aromatic heterocycles.